The zero-order valence-electron chi connectivity index (χ0n) is 14.5. The topological polar surface area (TPSA) is 63.1 Å². The van der Waals surface area contributed by atoms with Crippen LogP contribution in [0.5, 0.6) is 0 Å². The Hall–Kier alpha value is -3.13. The van der Waals surface area contributed by atoms with Gasteiger partial charge in [0.1, 0.15) is 5.69 Å². The van der Waals surface area contributed by atoms with Crippen LogP contribution in [0.2, 0.25) is 0 Å². The highest BCUT2D eigenvalue weighted by molar-refractivity contribution is 7.98. The fourth-order valence-corrected chi connectivity index (χ4v) is 3.80. The molecule has 0 unspecified atom stereocenters. The van der Waals surface area contributed by atoms with Crippen LogP contribution in [-0.4, -0.2) is 22.3 Å². The monoisotopic (exact) mass is 399 g/mol. The van der Waals surface area contributed by atoms with Crippen LogP contribution in [0.4, 0.5) is 14.5 Å². The molecular weight excluding hydrogens is 384 g/mol. The highest BCUT2D eigenvalue weighted by Crippen LogP contribution is 2.33. The molecule has 1 aliphatic rings. The maximum absolute atomic E-state index is 13.2. The second-order valence-corrected chi connectivity index (χ2v) is 7.25. The molecule has 0 saturated carbocycles. The van der Waals surface area contributed by atoms with Crippen LogP contribution in [0.1, 0.15) is 26.4 Å². The Bertz CT molecular complexity index is 1080. The van der Waals surface area contributed by atoms with E-state index in [0.717, 1.165) is 17.0 Å². The van der Waals surface area contributed by atoms with Gasteiger partial charge in [0, 0.05) is 18.3 Å². The molecule has 0 aliphatic carbocycles. The first-order valence-electron chi connectivity index (χ1n) is 8.54. The van der Waals surface area contributed by atoms with Crippen molar-refractivity contribution >= 4 is 29.4 Å². The molecule has 0 saturated heterocycles. The Kier molecular flexibility index (Phi) is 4.87. The van der Waals surface area contributed by atoms with Gasteiger partial charge < -0.3 is 10.6 Å². The van der Waals surface area contributed by atoms with Crippen LogP contribution < -0.4 is 10.6 Å². The molecule has 1 aromatic heterocycles. The number of nitrogens with one attached hydrogen (secondary N) is 2. The summed E-state index contributed by atoms with van der Waals surface area (Å²) in [5.74, 6) is -2.36. The van der Waals surface area contributed by atoms with Gasteiger partial charge in [-0.3, -0.25) is 13.6 Å². The molecule has 0 radical (unpaired) electrons. The molecule has 8 heteroatoms. The predicted molar refractivity (Wildman–Crippen MR) is 102 cm³/mol. The highest BCUT2D eigenvalue weighted by Gasteiger charge is 2.20. The molecule has 2 aromatic carbocycles. The van der Waals surface area contributed by atoms with E-state index >= 15 is 0 Å². The number of benzene rings is 2. The minimum atomic E-state index is -0.909. The van der Waals surface area contributed by atoms with Crippen molar-refractivity contribution < 1.29 is 18.4 Å². The highest BCUT2D eigenvalue weighted by atomic mass is 32.2. The number of rotatable bonds is 4. The maximum atomic E-state index is 13.2. The zero-order chi connectivity index (χ0) is 19.7. The second-order valence-electron chi connectivity index (χ2n) is 6.23. The van der Waals surface area contributed by atoms with E-state index in [0.29, 0.717) is 28.9 Å². The number of carbonyl (C=O) groups excluding carboxylic acids is 2. The van der Waals surface area contributed by atoms with Crippen molar-refractivity contribution in [3.8, 4) is 0 Å². The summed E-state index contributed by atoms with van der Waals surface area (Å²) in [6.07, 6.45) is 2.17. The Morgan fingerprint density at radius 1 is 1.11 bits per heavy atom. The van der Waals surface area contributed by atoms with Crippen LogP contribution in [0, 0.1) is 11.6 Å². The van der Waals surface area contributed by atoms with Crippen molar-refractivity contribution in [1.29, 1.82) is 0 Å². The second kappa shape index (κ2) is 7.47. The molecule has 0 atom stereocenters. The maximum Gasteiger partial charge on any atom is 0.273 e. The van der Waals surface area contributed by atoms with Gasteiger partial charge in [0.05, 0.1) is 10.6 Å². The van der Waals surface area contributed by atoms with Gasteiger partial charge >= 0.3 is 0 Å². The van der Waals surface area contributed by atoms with Crippen LogP contribution in [0.15, 0.2) is 59.6 Å². The van der Waals surface area contributed by atoms with E-state index in [1.807, 2.05) is 0 Å². The van der Waals surface area contributed by atoms with Crippen LogP contribution in [-0.2, 0) is 6.42 Å². The molecule has 1 aliphatic heterocycles. The third-order valence-corrected chi connectivity index (χ3v) is 5.38. The summed E-state index contributed by atoms with van der Waals surface area (Å²) in [6.45, 7) is 0.271. The molecular formula is C20H15F2N3O2S. The van der Waals surface area contributed by atoms with E-state index in [1.165, 1.54) is 18.0 Å². The number of nitrogens with zero attached hydrogens (tertiary/aromatic N) is 1. The Morgan fingerprint density at radius 3 is 2.79 bits per heavy atom. The summed E-state index contributed by atoms with van der Waals surface area (Å²) in [5.41, 5.74) is 2.08. The van der Waals surface area contributed by atoms with Gasteiger partial charge in [0.15, 0.2) is 11.6 Å². The molecule has 28 heavy (non-hydrogen) atoms. The molecule has 2 N–H and O–H groups in total. The van der Waals surface area contributed by atoms with Gasteiger partial charge in [-0.05, 0) is 66.4 Å². The molecule has 4 rings (SSSR count). The minimum absolute atomic E-state index is 0.243. The third kappa shape index (κ3) is 3.63. The van der Waals surface area contributed by atoms with Crippen molar-refractivity contribution in [2.45, 2.75) is 11.3 Å². The standard InChI is InChI=1S/C20H15F2N3O2S/c21-14-5-3-12(10-15(14)22)7-8-23-19(26)13-4-6-18-16(11-13)24-20(27)17-2-1-9-25(17)28-18/h1-6,9-11H,7-8H2,(H,23,26)(H,24,27). The number of aromatic nitrogens is 1. The van der Waals surface area contributed by atoms with Gasteiger partial charge in [0.25, 0.3) is 11.8 Å². The minimum Gasteiger partial charge on any atom is -0.352 e. The largest absolute Gasteiger partial charge is 0.352 e. The summed E-state index contributed by atoms with van der Waals surface area (Å²) in [7, 11) is 0. The zero-order valence-corrected chi connectivity index (χ0v) is 15.4. The van der Waals surface area contributed by atoms with E-state index in [4.69, 9.17) is 0 Å². The van der Waals surface area contributed by atoms with Crippen LogP contribution in [0.25, 0.3) is 0 Å². The molecule has 0 spiro atoms. The fourth-order valence-electron chi connectivity index (χ4n) is 2.88. The lowest BCUT2D eigenvalue weighted by Gasteiger charge is -2.10. The number of fused-ring (bicyclic) bond motifs is 2. The van der Waals surface area contributed by atoms with Gasteiger partial charge in [-0.15, -0.1) is 0 Å². The van der Waals surface area contributed by atoms with Gasteiger partial charge in [0.2, 0.25) is 0 Å². The predicted octanol–water partition coefficient (Wildman–Crippen LogP) is 3.86. The Balaban J connectivity index is 1.43. The number of anilines is 1. The SMILES string of the molecule is O=C(NCCc1ccc(F)c(F)c1)c1ccc2c(c1)NC(=O)c1cccn1S2. The van der Waals surface area contributed by atoms with Gasteiger partial charge in [-0.2, -0.15) is 0 Å². The van der Waals surface area contributed by atoms with E-state index in [9.17, 15) is 18.4 Å². The first-order chi connectivity index (χ1) is 13.5. The Morgan fingerprint density at radius 2 is 1.96 bits per heavy atom. The number of carbonyl (C=O) groups is 2. The first kappa shape index (κ1) is 18.2. The number of hydrogen-bond donors (Lipinski definition) is 2. The summed E-state index contributed by atoms with van der Waals surface area (Å²) in [4.78, 5) is 25.5. The van der Waals surface area contributed by atoms with Crippen molar-refractivity contribution in [3.05, 3.63) is 83.2 Å². The van der Waals surface area contributed by atoms with Crippen LogP contribution >= 0.6 is 11.9 Å². The normalized spacial score (nSPS) is 12.6. The van der Waals surface area contributed by atoms with Gasteiger partial charge in [-0.25, -0.2) is 8.78 Å². The molecule has 3 aromatic rings. The van der Waals surface area contributed by atoms with E-state index in [-0.39, 0.29) is 18.4 Å². The van der Waals surface area contributed by atoms with Crippen molar-refractivity contribution in [2.75, 3.05) is 11.9 Å². The van der Waals surface area contributed by atoms with Crippen LogP contribution in [0.3, 0.4) is 0 Å². The average Bonchev–Trinajstić information content (AvgIpc) is 3.09. The lowest BCUT2D eigenvalue weighted by molar-refractivity contribution is 0.0952. The number of amides is 2. The molecule has 2 heterocycles. The summed E-state index contributed by atoms with van der Waals surface area (Å²) in [5, 5.41) is 5.56. The molecule has 0 bridgehead atoms. The molecule has 142 valence electrons. The van der Waals surface area contributed by atoms with Crippen molar-refractivity contribution in [2.24, 2.45) is 0 Å². The average molecular weight is 399 g/mol. The van der Waals surface area contributed by atoms with Gasteiger partial charge in [-0.1, -0.05) is 6.07 Å². The summed E-state index contributed by atoms with van der Waals surface area (Å²) < 4.78 is 27.9. The first-order valence-corrected chi connectivity index (χ1v) is 9.32. The number of hydrogen-bond acceptors (Lipinski definition) is 3. The quantitative estimate of drug-likeness (QED) is 0.700. The molecule has 0 fully saturated rings. The van der Waals surface area contributed by atoms with Crippen molar-refractivity contribution in [3.63, 3.8) is 0 Å². The Labute approximate surface area is 163 Å². The smallest absolute Gasteiger partial charge is 0.273 e. The van der Waals surface area contributed by atoms with E-state index < -0.39 is 11.6 Å². The summed E-state index contributed by atoms with van der Waals surface area (Å²) in [6, 6.07) is 12.3. The van der Waals surface area contributed by atoms with E-state index in [2.05, 4.69) is 10.6 Å². The summed E-state index contributed by atoms with van der Waals surface area (Å²) >= 11 is 1.39. The van der Waals surface area contributed by atoms with E-state index in [1.54, 1.807) is 40.5 Å². The lowest BCUT2D eigenvalue weighted by atomic mass is 10.1. The molecule has 2 amide bonds. The molecule has 5 nitrogen and oxygen atoms in total. The van der Waals surface area contributed by atoms with Crippen molar-refractivity contribution in [1.82, 2.24) is 9.29 Å². The fraction of sp³-hybridized carbons (Fsp3) is 0.100. The number of halogens is 2. The lowest BCUT2D eigenvalue weighted by Crippen LogP contribution is -2.26. The third-order valence-electron chi connectivity index (χ3n) is 4.32.